The number of fused-ring (bicyclic) bond motifs is 1. The summed E-state index contributed by atoms with van der Waals surface area (Å²) in [6, 6.07) is 13.3. The first-order valence-electron chi connectivity index (χ1n) is 9.77. The van der Waals surface area contributed by atoms with Crippen LogP contribution in [-0.4, -0.2) is 44.1 Å². The van der Waals surface area contributed by atoms with Gasteiger partial charge in [0.05, 0.1) is 38.1 Å². The molecule has 1 aliphatic rings. The number of hydrogen-bond acceptors (Lipinski definition) is 8. The summed E-state index contributed by atoms with van der Waals surface area (Å²) in [5.41, 5.74) is 9.25. The summed E-state index contributed by atoms with van der Waals surface area (Å²) in [6.07, 6.45) is 3.33. The molecule has 8 heteroatoms. The van der Waals surface area contributed by atoms with Crippen LogP contribution in [0.5, 0.6) is 17.2 Å². The van der Waals surface area contributed by atoms with Crippen LogP contribution in [0.15, 0.2) is 48.7 Å². The van der Waals surface area contributed by atoms with Gasteiger partial charge in [0, 0.05) is 18.8 Å². The van der Waals surface area contributed by atoms with Gasteiger partial charge in [0.15, 0.2) is 0 Å². The average molecular weight is 422 g/mol. The van der Waals surface area contributed by atoms with Crippen LogP contribution in [0.4, 0.5) is 11.6 Å². The Morgan fingerprint density at radius 3 is 2.68 bits per heavy atom. The first kappa shape index (κ1) is 21.9. The Hall–Kier alpha value is -3.81. The number of nitrogens with zero attached hydrogens (tertiary/aromatic N) is 2. The Morgan fingerprint density at radius 2 is 2.00 bits per heavy atom. The van der Waals surface area contributed by atoms with Crippen molar-refractivity contribution in [3.63, 3.8) is 0 Å². The van der Waals surface area contributed by atoms with Crippen LogP contribution in [0.25, 0.3) is 11.3 Å². The van der Waals surface area contributed by atoms with E-state index in [1.165, 1.54) is 0 Å². The molecule has 0 fully saturated rings. The molecule has 2 heterocycles. The quantitative estimate of drug-likeness (QED) is 0.604. The van der Waals surface area contributed by atoms with Gasteiger partial charge in [-0.2, -0.15) is 0 Å². The lowest BCUT2D eigenvalue weighted by atomic mass is 9.98. The molecule has 8 nitrogen and oxygen atoms in total. The molecule has 0 saturated heterocycles. The van der Waals surface area contributed by atoms with Gasteiger partial charge in [-0.1, -0.05) is 6.07 Å². The van der Waals surface area contributed by atoms with Gasteiger partial charge in [-0.25, -0.2) is 9.97 Å². The Bertz CT molecular complexity index is 1040. The molecule has 0 aliphatic carbocycles. The molecule has 0 bridgehead atoms. The largest absolute Gasteiger partial charge is 0.497 e. The van der Waals surface area contributed by atoms with Gasteiger partial charge in [0.2, 0.25) is 5.95 Å². The molecule has 1 unspecified atom stereocenters. The van der Waals surface area contributed by atoms with Crippen LogP contribution < -0.4 is 25.3 Å². The van der Waals surface area contributed by atoms with Crippen LogP contribution in [0.1, 0.15) is 5.56 Å². The summed E-state index contributed by atoms with van der Waals surface area (Å²) in [4.78, 5) is 18.6. The third-order valence-electron chi connectivity index (χ3n) is 4.84. The minimum atomic E-state index is -0.0189. The van der Waals surface area contributed by atoms with E-state index in [0.717, 1.165) is 52.5 Å². The Balaban J connectivity index is 0.000000179. The summed E-state index contributed by atoms with van der Waals surface area (Å²) in [5, 5.41) is 3.05. The SMILES string of the molecule is CNc1ccc(-c2ccnc(N)n2)cc1OC.COc1ccc2c(c1)CC(C=O)CO2. The fraction of sp³-hybridized carbons (Fsp3) is 0.261. The lowest BCUT2D eigenvalue weighted by Crippen LogP contribution is -2.21. The maximum absolute atomic E-state index is 10.6. The summed E-state index contributed by atoms with van der Waals surface area (Å²) in [6.45, 7) is 0.489. The van der Waals surface area contributed by atoms with Crippen molar-refractivity contribution in [2.24, 2.45) is 5.92 Å². The van der Waals surface area contributed by atoms with E-state index >= 15 is 0 Å². The zero-order valence-corrected chi connectivity index (χ0v) is 17.8. The minimum absolute atomic E-state index is 0.0189. The molecule has 162 valence electrons. The molecule has 0 spiro atoms. The number of nitrogens with two attached hydrogens (primary N) is 1. The summed E-state index contributed by atoms with van der Waals surface area (Å²) in [7, 11) is 5.11. The monoisotopic (exact) mass is 422 g/mol. The molecule has 31 heavy (non-hydrogen) atoms. The molecule has 0 saturated carbocycles. The second-order valence-electron chi connectivity index (χ2n) is 6.85. The first-order valence-corrected chi connectivity index (χ1v) is 9.77. The van der Waals surface area contributed by atoms with Gasteiger partial charge in [-0.3, -0.25) is 0 Å². The van der Waals surface area contributed by atoms with Crippen molar-refractivity contribution in [1.29, 1.82) is 0 Å². The van der Waals surface area contributed by atoms with E-state index < -0.39 is 0 Å². The molecule has 1 aromatic heterocycles. The molecule has 3 aromatic rings. The van der Waals surface area contributed by atoms with Crippen molar-refractivity contribution in [2.75, 3.05) is 38.9 Å². The Morgan fingerprint density at radius 1 is 1.16 bits per heavy atom. The predicted molar refractivity (Wildman–Crippen MR) is 120 cm³/mol. The predicted octanol–water partition coefficient (Wildman–Crippen LogP) is 3.22. The van der Waals surface area contributed by atoms with Crippen LogP contribution in [0.3, 0.4) is 0 Å². The van der Waals surface area contributed by atoms with Crippen LogP contribution in [0.2, 0.25) is 0 Å². The maximum atomic E-state index is 10.6. The maximum Gasteiger partial charge on any atom is 0.220 e. The fourth-order valence-corrected chi connectivity index (χ4v) is 3.20. The Kier molecular flexibility index (Phi) is 7.26. The zero-order chi connectivity index (χ0) is 22.2. The molecular weight excluding hydrogens is 396 g/mol. The second-order valence-corrected chi connectivity index (χ2v) is 6.85. The minimum Gasteiger partial charge on any atom is -0.497 e. The van der Waals surface area contributed by atoms with Crippen LogP contribution >= 0.6 is 0 Å². The number of benzene rings is 2. The van der Waals surface area contributed by atoms with Gasteiger partial charge < -0.3 is 30.1 Å². The highest BCUT2D eigenvalue weighted by molar-refractivity contribution is 5.69. The molecule has 4 rings (SSSR count). The number of carbonyl (C=O) groups excluding carboxylic acids is 1. The summed E-state index contributed by atoms with van der Waals surface area (Å²) in [5.74, 6) is 2.68. The van der Waals surface area contributed by atoms with Gasteiger partial charge >= 0.3 is 0 Å². The topological polar surface area (TPSA) is 109 Å². The van der Waals surface area contributed by atoms with Crippen molar-refractivity contribution in [3.8, 4) is 28.5 Å². The third kappa shape index (κ3) is 5.42. The standard InChI is InChI=1S/C12H14N4O.C11H12O3/c1-14-10-4-3-8(7-11(10)17-2)9-5-6-15-12(13)16-9;1-13-10-2-3-11-9(5-10)4-8(6-12)7-14-11/h3-7,14H,1-2H3,(H2,13,15,16);2-3,5-6,8H,4,7H2,1H3. The molecular formula is C23H26N4O4. The van der Waals surface area contributed by atoms with Crippen molar-refractivity contribution in [2.45, 2.75) is 6.42 Å². The number of rotatable bonds is 5. The molecule has 1 atom stereocenters. The number of carbonyl (C=O) groups is 1. The van der Waals surface area contributed by atoms with E-state index in [0.29, 0.717) is 6.61 Å². The number of aldehydes is 1. The fourth-order valence-electron chi connectivity index (χ4n) is 3.20. The van der Waals surface area contributed by atoms with E-state index in [1.807, 2.05) is 49.5 Å². The number of hydrogen-bond donors (Lipinski definition) is 2. The van der Waals surface area contributed by atoms with E-state index in [-0.39, 0.29) is 11.9 Å². The van der Waals surface area contributed by atoms with Crippen molar-refractivity contribution in [3.05, 3.63) is 54.2 Å². The van der Waals surface area contributed by atoms with Crippen LogP contribution in [0, 0.1) is 5.92 Å². The first-order chi connectivity index (χ1) is 15.1. The van der Waals surface area contributed by atoms with Crippen molar-refractivity contribution in [1.82, 2.24) is 9.97 Å². The van der Waals surface area contributed by atoms with Crippen molar-refractivity contribution >= 4 is 17.9 Å². The third-order valence-corrected chi connectivity index (χ3v) is 4.84. The number of methoxy groups -OCH3 is 2. The van der Waals surface area contributed by atoms with E-state index in [9.17, 15) is 4.79 Å². The van der Waals surface area contributed by atoms with Gasteiger partial charge in [0.25, 0.3) is 0 Å². The van der Waals surface area contributed by atoms with Crippen LogP contribution in [-0.2, 0) is 11.2 Å². The number of nitrogens with one attached hydrogen (secondary N) is 1. The average Bonchev–Trinajstić information content (AvgIpc) is 2.83. The highest BCUT2D eigenvalue weighted by Gasteiger charge is 2.19. The summed E-state index contributed by atoms with van der Waals surface area (Å²) >= 11 is 0. The normalized spacial score (nSPS) is 14.2. The molecule has 2 aromatic carbocycles. The van der Waals surface area contributed by atoms with Gasteiger partial charge in [0.1, 0.15) is 23.5 Å². The van der Waals surface area contributed by atoms with Gasteiger partial charge in [-0.15, -0.1) is 0 Å². The highest BCUT2D eigenvalue weighted by Crippen LogP contribution is 2.30. The highest BCUT2D eigenvalue weighted by atomic mass is 16.5. The van der Waals surface area contributed by atoms with E-state index in [4.69, 9.17) is 19.9 Å². The van der Waals surface area contributed by atoms with E-state index in [2.05, 4.69) is 15.3 Å². The molecule has 0 amide bonds. The smallest absolute Gasteiger partial charge is 0.220 e. The molecule has 0 radical (unpaired) electrons. The number of aromatic nitrogens is 2. The summed E-state index contributed by atoms with van der Waals surface area (Å²) < 4.78 is 15.8. The zero-order valence-electron chi connectivity index (χ0n) is 17.8. The number of nitrogen functional groups attached to an aromatic ring is 1. The lowest BCUT2D eigenvalue weighted by molar-refractivity contribution is -0.112. The number of ether oxygens (including phenoxy) is 3. The van der Waals surface area contributed by atoms with E-state index in [1.54, 1.807) is 20.4 Å². The second kappa shape index (κ2) is 10.3. The number of anilines is 2. The van der Waals surface area contributed by atoms with Gasteiger partial charge in [-0.05, 0) is 48.4 Å². The lowest BCUT2D eigenvalue weighted by Gasteiger charge is -2.21. The molecule has 1 aliphatic heterocycles. The molecule has 3 N–H and O–H groups in total. The van der Waals surface area contributed by atoms with Crippen molar-refractivity contribution < 1.29 is 19.0 Å². The Labute approximate surface area is 181 Å².